The topological polar surface area (TPSA) is 81.4 Å². The Morgan fingerprint density at radius 1 is 1.33 bits per heavy atom. The van der Waals surface area contributed by atoms with E-state index in [-0.39, 0.29) is 0 Å². The molecule has 6 heteroatoms. The fraction of sp³-hybridized carbons (Fsp3) is 0.600. The van der Waals surface area contributed by atoms with E-state index in [4.69, 9.17) is 10.5 Å². The summed E-state index contributed by atoms with van der Waals surface area (Å²) in [6, 6.07) is 5.16. The van der Waals surface area contributed by atoms with Gasteiger partial charge in [-0.2, -0.15) is 0 Å². The van der Waals surface area contributed by atoms with Gasteiger partial charge in [-0.25, -0.2) is 13.1 Å². The van der Waals surface area contributed by atoms with Crippen LogP contribution in [0.2, 0.25) is 0 Å². The third-order valence-electron chi connectivity index (χ3n) is 2.97. The Labute approximate surface area is 127 Å². The zero-order chi connectivity index (χ0) is 15.9. The summed E-state index contributed by atoms with van der Waals surface area (Å²) in [5.74, 6) is 0.491. The number of nitrogens with one attached hydrogen (secondary N) is 1. The lowest BCUT2D eigenvalue weighted by atomic mass is 10.1. The van der Waals surface area contributed by atoms with E-state index in [0.29, 0.717) is 49.1 Å². The van der Waals surface area contributed by atoms with Crippen LogP contribution in [-0.2, 0) is 21.3 Å². The van der Waals surface area contributed by atoms with Gasteiger partial charge in [-0.3, -0.25) is 0 Å². The summed E-state index contributed by atoms with van der Waals surface area (Å²) in [5.41, 5.74) is 7.18. The normalized spacial score (nSPS) is 12.0. The molecule has 0 saturated heterocycles. The van der Waals surface area contributed by atoms with Crippen LogP contribution in [0.3, 0.4) is 0 Å². The average molecular weight is 314 g/mol. The van der Waals surface area contributed by atoms with Crippen LogP contribution in [0.5, 0.6) is 0 Å². The first kappa shape index (κ1) is 18.1. The van der Waals surface area contributed by atoms with Crippen molar-refractivity contribution >= 4 is 10.0 Å². The van der Waals surface area contributed by atoms with Crippen molar-refractivity contribution in [1.29, 1.82) is 0 Å². The Kier molecular flexibility index (Phi) is 7.31. The maximum Gasteiger partial charge on any atom is 0.240 e. The van der Waals surface area contributed by atoms with Crippen molar-refractivity contribution in [3.05, 3.63) is 29.3 Å². The molecule has 21 heavy (non-hydrogen) atoms. The van der Waals surface area contributed by atoms with E-state index >= 15 is 0 Å². The molecule has 0 bridgehead atoms. The standard InChI is InChI=1S/C15H26N2O3S/c1-12(2)11-20-8-4-7-17-21(18,19)15-6-5-14(10-16)9-13(15)3/h5-6,9,12,17H,4,7-8,10-11,16H2,1-3H3. The molecule has 3 N–H and O–H groups in total. The van der Waals surface area contributed by atoms with E-state index in [9.17, 15) is 8.42 Å². The molecule has 0 aliphatic rings. The molecule has 1 aromatic rings. The van der Waals surface area contributed by atoms with Crippen molar-refractivity contribution in [1.82, 2.24) is 4.72 Å². The molecule has 0 atom stereocenters. The first-order valence-electron chi connectivity index (χ1n) is 7.24. The minimum absolute atomic E-state index is 0.308. The molecule has 0 unspecified atom stereocenters. The lowest BCUT2D eigenvalue weighted by Crippen LogP contribution is -2.26. The molecule has 0 heterocycles. The largest absolute Gasteiger partial charge is 0.381 e. The Morgan fingerprint density at radius 2 is 2.05 bits per heavy atom. The van der Waals surface area contributed by atoms with Gasteiger partial charge in [0.2, 0.25) is 10.0 Å². The van der Waals surface area contributed by atoms with E-state index in [2.05, 4.69) is 18.6 Å². The highest BCUT2D eigenvalue weighted by Crippen LogP contribution is 2.16. The van der Waals surface area contributed by atoms with Gasteiger partial charge in [0.25, 0.3) is 0 Å². The third kappa shape index (κ3) is 6.13. The van der Waals surface area contributed by atoms with Crippen molar-refractivity contribution in [2.75, 3.05) is 19.8 Å². The molecule has 5 nitrogen and oxygen atoms in total. The van der Waals surface area contributed by atoms with Gasteiger partial charge in [0.1, 0.15) is 0 Å². The Morgan fingerprint density at radius 3 is 2.62 bits per heavy atom. The first-order chi connectivity index (χ1) is 9.86. The minimum atomic E-state index is -3.47. The molecule has 0 aliphatic carbocycles. The number of benzene rings is 1. The summed E-state index contributed by atoms with van der Waals surface area (Å²) in [5, 5.41) is 0. The molecule has 0 spiro atoms. The third-order valence-corrected chi connectivity index (χ3v) is 4.59. The van der Waals surface area contributed by atoms with Crippen LogP contribution in [0.15, 0.2) is 23.1 Å². The predicted octanol–water partition coefficient (Wildman–Crippen LogP) is 1.79. The first-order valence-corrected chi connectivity index (χ1v) is 8.72. The van der Waals surface area contributed by atoms with Gasteiger partial charge in [0.05, 0.1) is 4.90 Å². The molecule has 1 aromatic carbocycles. The van der Waals surface area contributed by atoms with Gasteiger partial charge >= 0.3 is 0 Å². The summed E-state index contributed by atoms with van der Waals surface area (Å²) in [6.07, 6.45) is 0.659. The van der Waals surface area contributed by atoms with Gasteiger partial charge in [-0.05, 0) is 36.5 Å². The van der Waals surface area contributed by atoms with E-state index < -0.39 is 10.0 Å². The number of hydrogen-bond acceptors (Lipinski definition) is 4. The SMILES string of the molecule is Cc1cc(CN)ccc1S(=O)(=O)NCCCOCC(C)C. The van der Waals surface area contributed by atoms with Crippen LogP contribution in [-0.4, -0.2) is 28.2 Å². The minimum Gasteiger partial charge on any atom is -0.381 e. The van der Waals surface area contributed by atoms with Crippen molar-refractivity contribution in [3.8, 4) is 0 Å². The van der Waals surface area contributed by atoms with E-state index in [0.717, 1.165) is 5.56 Å². The fourth-order valence-electron chi connectivity index (χ4n) is 1.92. The molecule has 0 radical (unpaired) electrons. The van der Waals surface area contributed by atoms with Gasteiger partial charge < -0.3 is 10.5 Å². The van der Waals surface area contributed by atoms with Crippen LogP contribution < -0.4 is 10.5 Å². The van der Waals surface area contributed by atoms with Crippen LogP contribution >= 0.6 is 0 Å². The van der Waals surface area contributed by atoms with Crippen molar-refractivity contribution < 1.29 is 13.2 Å². The second kappa shape index (κ2) is 8.48. The second-order valence-electron chi connectivity index (χ2n) is 5.52. The Bertz CT molecular complexity index is 542. The van der Waals surface area contributed by atoms with Crippen molar-refractivity contribution in [2.24, 2.45) is 11.7 Å². The monoisotopic (exact) mass is 314 g/mol. The van der Waals surface area contributed by atoms with Crippen molar-refractivity contribution in [3.63, 3.8) is 0 Å². The number of nitrogens with two attached hydrogens (primary N) is 1. The lowest BCUT2D eigenvalue weighted by molar-refractivity contribution is 0.108. The quantitative estimate of drug-likeness (QED) is 0.681. The Balaban J connectivity index is 2.50. The smallest absolute Gasteiger partial charge is 0.240 e. The summed E-state index contributed by atoms with van der Waals surface area (Å²) < 4.78 is 32.4. The summed E-state index contributed by atoms with van der Waals surface area (Å²) in [4.78, 5) is 0.308. The van der Waals surface area contributed by atoms with Gasteiger partial charge in [0, 0.05) is 26.3 Å². The van der Waals surface area contributed by atoms with E-state index in [1.54, 1.807) is 25.1 Å². The average Bonchev–Trinajstić information content (AvgIpc) is 2.41. The van der Waals surface area contributed by atoms with E-state index in [1.807, 2.05) is 0 Å². The maximum atomic E-state index is 12.2. The molecular formula is C15H26N2O3S. The van der Waals surface area contributed by atoms with Crippen LogP contribution in [0.25, 0.3) is 0 Å². The number of ether oxygens (including phenoxy) is 1. The molecular weight excluding hydrogens is 288 g/mol. The van der Waals surface area contributed by atoms with Gasteiger partial charge in [-0.15, -0.1) is 0 Å². The zero-order valence-corrected chi connectivity index (χ0v) is 13.9. The van der Waals surface area contributed by atoms with E-state index in [1.165, 1.54) is 0 Å². The van der Waals surface area contributed by atoms with Crippen LogP contribution in [0.4, 0.5) is 0 Å². The molecule has 1 rings (SSSR count). The Hall–Kier alpha value is -0.950. The molecule has 0 aromatic heterocycles. The summed E-state index contributed by atoms with van der Waals surface area (Å²) in [7, 11) is -3.47. The van der Waals surface area contributed by atoms with Crippen LogP contribution in [0, 0.1) is 12.8 Å². The summed E-state index contributed by atoms with van der Waals surface area (Å²) in [6.45, 7) is 7.98. The number of sulfonamides is 1. The highest BCUT2D eigenvalue weighted by molar-refractivity contribution is 7.89. The lowest BCUT2D eigenvalue weighted by Gasteiger charge is -2.11. The van der Waals surface area contributed by atoms with Crippen molar-refractivity contribution in [2.45, 2.75) is 38.6 Å². The number of hydrogen-bond donors (Lipinski definition) is 2. The molecule has 0 aliphatic heterocycles. The summed E-state index contributed by atoms with van der Waals surface area (Å²) >= 11 is 0. The zero-order valence-electron chi connectivity index (χ0n) is 13.1. The maximum absolute atomic E-state index is 12.2. The second-order valence-corrected chi connectivity index (χ2v) is 7.26. The number of rotatable bonds is 9. The predicted molar refractivity (Wildman–Crippen MR) is 84.5 cm³/mol. The van der Waals surface area contributed by atoms with Gasteiger partial charge in [0.15, 0.2) is 0 Å². The number of aryl methyl sites for hydroxylation is 1. The van der Waals surface area contributed by atoms with Gasteiger partial charge in [-0.1, -0.05) is 26.0 Å². The highest BCUT2D eigenvalue weighted by Gasteiger charge is 2.16. The molecule has 0 fully saturated rings. The highest BCUT2D eigenvalue weighted by atomic mass is 32.2. The van der Waals surface area contributed by atoms with Crippen LogP contribution in [0.1, 0.15) is 31.4 Å². The fourth-order valence-corrected chi connectivity index (χ4v) is 3.22. The molecule has 120 valence electrons. The molecule has 0 amide bonds. The molecule has 0 saturated carbocycles.